The number of hydrogen-bond donors (Lipinski definition) is 1. The van der Waals surface area contributed by atoms with Crippen molar-refractivity contribution in [3.8, 4) is 5.75 Å². The summed E-state index contributed by atoms with van der Waals surface area (Å²) in [7, 11) is 0. The molecule has 0 aromatic heterocycles. The lowest BCUT2D eigenvalue weighted by Crippen LogP contribution is -2.24. The molecule has 0 saturated carbocycles. The second-order valence-electron chi connectivity index (χ2n) is 5.32. The van der Waals surface area contributed by atoms with Crippen molar-refractivity contribution in [1.82, 2.24) is 4.90 Å². The molecule has 0 saturated heterocycles. The minimum absolute atomic E-state index is 0.265. The van der Waals surface area contributed by atoms with Crippen LogP contribution in [0, 0.1) is 0 Å². The third-order valence-electron chi connectivity index (χ3n) is 3.99. The van der Waals surface area contributed by atoms with E-state index < -0.39 is 0 Å². The summed E-state index contributed by atoms with van der Waals surface area (Å²) in [4.78, 5) is 2.32. The van der Waals surface area contributed by atoms with Crippen molar-refractivity contribution in [2.24, 2.45) is 0 Å². The number of rotatable bonds is 4. The topological polar surface area (TPSA) is 23.5 Å². The molecule has 0 atom stereocenters. The quantitative estimate of drug-likeness (QED) is 0.854. The third-order valence-corrected chi connectivity index (χ3v) is 4.36. The van der Waals surface area contributed by atoms with Crippen LogP contribution in [0.5, 0.6) is 5.75 Å². The molecule has 1 aliphatic carbocycles. The van der Waals surface area contributed by atoms with E-state index in [2.05, 4.69) is 31.7 Å². The molecule has 0 spiro atoms. The highest BCUT2D eigenvalue weighted by molar-refractivity contribution is 6.31. The number of hydrogen-bond acceptors (Lipinski definition) is 2. The molecule has 0 radical (unpaired) electrons. The van der Waals surface area contributed by atoms with Crippen LogP contribution >= 0.6 is 11.6 Å². The number of phenols is 1. The molecular weight excluding hydrogens is 270 g/mol. The highest BCUT2D eigenvalue weighted by atomic mass is 35.5. The summed E-state index contributed by atoms with van der Waals surface area (Å²) in [6, 6.07) is 5.13. The highest BCUT2D eigenvalue weighted by Crippen LogP contribution is 2.30. The van der Waals surface area contributed by atoms with Crippen molar-refractivity contribution in [3.05, 3.63) is 51.7 Å². The first-order valence-corrected chi connectivity index (χ1v) is 7.50. The number of nitrogens with zero attached hydrogens (tertiary/aromatic N) is 1. The van der Waals surface area contributed by atoms with E-state index in [-0.39, 0.29) is 5.75 Å². The molecule has 0 aliphatic heterocycles. The van der Waals surface area contributed by atoms with Gasteiger partial charge in [-0.1, -0.05) is 23.3 Å². The number of benzene rings is 1. The van der Waals surface area contributed by atoms with Crippen LogP contribution in [0.3, 0.4) is 0 Å². The molecule has 2 rings (SSSR count). The van der Waals surface area contributed by atoms with Gasteiger partial charge in [0.1, 0.15) is 5.75 Å². The third kappa shape index (κ3) is 3.18. The second-order valence-corrected chi connectivity index (χ2v) is 5.73. The van der Waals surface area contributed by atoms with E-state index in [1.54, 1.807) is 18.2 Å². The Morgan fingerprint density at radius 2 is 2.05 bits per heavy atom. The fraction of sp³-hybridized carbons (Fsp3) is 0.412. The maximum absolute atomic E-state index is 9.63. The molecule has 108 valence electrons. The Labute approximate surface area is 126 Å². The average molecular weight is 292 g/mol. The average Bonchev–Trinajstić information content (AvgIpc) is 2.43. The van der Waals surface area contributed by atoms with Crippen molar-refractivity contribution in [3.63, 3.8) is 0 Å². The van der Waals surface area contributed by atoms with Gasteiger partial charge in [0.15, 0.2) is 0 Å². The highest BCUT2D eigenvalue weighted by Gasteiger charge is 2.16. The number of allylic oxidation sites excluding steroid dienone is 3. The summed E-state index contributed by atoms with van der Waals surface area (Å²) in [5.74, 6) is 0.265. The Balaban J connectivity index is 2.26. The van der Waals surface area contributed by atoms with Crippen LogP contribution in [0.15, 0.2) is 41.1 Å². The summed E-state index contributed by atoms with van der Waals surface area (Å²) in [6.07, 6.45) is 4.56. The van der Waals surface area contributed by atoms with Gasteiger partial charge in [-0.25, -0.2) is 0 Å². The molecule has 0 heterocycles. The van der Waals surface area contributed by atoms with Gasteiger partial charge in [0, 0.05) is 23.8 Å². The number of aromatic hydroxyl groups is 1. The summed E-state index contributed by atoms with van der Waals surface area (Å²) >= 11 is 6.23. The molecule has 1 aromatic rings. The van der Waals surface area contributed by atoms with E-state index in [0.717, 1.165) is 31.5 Å². The first kappa shape index (κ1) is 15.0. The molecule has 20 heavy (non-hydrogen) atoms. The van der Waals surface area contributed by atoms with Gasteiger partial charge >= 0.3 is 0 Å². The second kappa shape index (κ2) is 6.36. The molecule has 1 aromatic carbocycles. The van der Waals surface area contributed by atoms with Gasteiger partial charge in [0.2, 0.25) is 0 Å². The van der Waals surface area contributed by atoms with Gasteiger partial charge in [-0.3, -0.25) is 0 Å². The van der Waals surface area contributed by atoms with Crippen LogP contribution in [0.2, 0.25) is 5.02 Å². The van der Waals surface area contributed by atoms with Crippen molar-refractivity contribution in [2.45, 2.75) is 40.2 Å². The predicted molar refractivity (Wildman–Crippen MR) is 84.9 cm³/mol. The minimum Gasteiger partial charge on any atom is -0.508 e. The normalized spacial score (nSPS) is 15.3. The molecule has 1 N–H and O–H groups in total. The van der Waals surface area contributed by atoms with Gasteiger partial charge in [-0.2, -0.15) is 0 Å². The summed E-state index contributed by atoms with van der Waals surface area (Å²) in [5, 5.41) is 10.3. The SMILES string of the molecule is CCN(Cc1cc(O)ccc1Cl)C1=CCCC(C)=C1C. The minimum atomic E-state index is 0.265. The maximum Gasteiger partial charge on any atom is 0.116 e. The Morgan fingerprint density at radius 3 is 2.75 bits per heavy atom. The zero-order valence-electron chi connectivity index (χ0n) is 12.4. The number of halogens is 1. The zero-order chi connectivity index (χ0) is 14.7. The molecule has 0 fully saturated rings. The monoisotopic (exact) mass is 291 g/mol. The van der Waals surface area contributed by atoms with Crippen LogP contribution in [0.25, 0.3) is 0 Å². The van der Waals surface area contributed by atoms with Gasteiger partial charge in [0.25, 0.3) is 0 Å². The van der Waals surface area contributed by atoms with Crippen LogP contribution in [-0.4, -0.2) is 16.6 Å². The van der Waals surface area contributed by atoms with Crippen molar-refractivity contribution in [1.29, 1.82) is 0 Å². The van der Waals surface area contributed by atoms with Gasteiger partial charge in [-0.15, -0.1) is 0 Å². The van der Waals surface area contributed by atoms with Crippen molar-refractivity contribution < 1.29 is 5.11 Å². The van der Waals surface area contributed by atoms with Gasteiger partial charge < -0.3 is 10.0 Å². The molecule has 2 nitrogen and oxygen atoms in total. The van der Waals surface area contributed by atoms with Crippen LogP contribution in [0.1, 0.15) is 39.2 Å². The maximum atomic E-state index is 9.63. The lowest BCUT2D eigenvalue weighted by atomic mass is 9.96. The number of likely N-dealkylation sites (N-methyl/N-ethyl adjacent to an activating group) is 1. The Bertz CT molecular complexity index is 560. The standard InChI is InChI=1S/C17H22ClNO/c1-4-19(17-7-5-6-12(2)13(17)3)11-14-10-15(20)8-9-16(14)18/h7-10,20H,4-6,11H2,1-3H3. The first-order valence-electron chi connectivity index (χ1n) is 7.12. The predicted octanol–water partition coefficient (Wildman–Crippen LogP) is 4.88. The van der Waals surface area contributed by atoms with Gasteiger partial charge in [-0.05, 0) is 62.9 Å². The van der Waals surface area contributed by atoms with E-state index in [0.29, 0.717) is 5.02 Å². The lowest BCUT2D eigenvalue weighted by molar-refractivity contribution is 0.356. The van der Waals surface area contributed by atoms with Gasteiger partial charge in [0.05, 0.1) is 0 Å². The number of phenolic OH excluding ortho intramolecular Hbond substituents is 1. The largest absolute Gasteiger partial charge is 0.508 e. The van der Waals surface area contributed by atoms with E-state index in [4.69, 9.17) is 11.6 Å². The Morgan fingerprint density at radius 1 is 1.30 bits per heavy atom. The molecular formula is C17H22ClNO. The molecule has 1 aliphatic rings. The zero-order valence-corrected chi connectivity index (χ0v) is 13.2. The molecule has 3 heteroatoms. The van der Waals surface area contributed by atoms with Crippen molar-refractivity contribution >= 4 is 11.6 Å². The summed E-state index contributed by atoms with van der Waals surface area (Å²) in [5.41, 5.74) is 5.10. The fourth-order valence-electron chi connectivity index (χ4n) is 2.61. The fourth-order valence-corrected chi connectivity index (χ4v) is 2.78. The van der Waals surface area contributed by atoms with E-state index in [9.17, 15) is 5.11 Å². The van der Waals surface area contributed by atoms with Crippen molar-refractivity contribution in [2.75, 3.05) is 6.54 Å². The lowest BCUT2D eigenvalue weighted by Gasteiger charge is -2.30. The Kier molecular flexibility index (Phi) is 4.77. The van der Waals surface area contributed by atoms with Crippen LogP contribution < -0.4 is 0 Å². The first-order chi connectivity index (χ1) is 9.52. The van der Waals surface area contributed by atoms with Crippen LogP contribution in [0.4, 0.5) is 0 Å². The van der Waals surface area contributed by atoms with E-state index >= 15 is 0 Å². The molecule has 0 amide bonds. The van der Waals surface area contributed by atoms with E-state index in [1.807, 2.05) is 0 Å². The van der Waals surface area contributed by atoms with Crippen LogP contribution in [-0.2, 0) is 6.54 Å². The van der Waals surface area contributed by atoms with E-state index in [1.165, 1.54) is 16.8 Å². The Hall–Kier alpha value is -1.41. The smallest absolute Gasteiger partial charge is 0.116 e. The summed E-state index contributed by atoms with van der Waals surface area (Å²) < 4.78 is 0. The molecule has 0 unspecified atom stereocenters. The summed E-state index contributed by atoms with van der Waals surface area (Å²) in [6.45, 7) is 8.18. The molecule has 0 bridgehead atoms.